The van der Waals surface area contributed by atoms with Gasteiger partial charge in [-0.2, -0.15) is 0 Å². The highest BCUT2D eigenvalue weighted by Crippen LogP contribution is 2.16. The molecule has 0 aliphatic heterocycles. The number of pyridine rings is 1. The van der Waals surface area contributed by atoms with Gasteiger partial charge in [0, 0.05) is 17.9 Å². The van der Waals surface area contributed by atoms with Gasteiger partial charge in [0.05, 0.1) is 0 Å². The van der Waals surface area contributed by atoms with Gasteiger partial charge in [0.15, 0.2) is 0 Å². The Labute approximate surface area is 73.1 Å². The summed E-state index contributed by atoms with van der Waals surface area (Å²) in [7, 11) is 0. The molecule has 1 rings (SSSR count). The summed E-state index contributed by atoms with van der Waals surface area (Å²) in [5.41, 5.74) is 7.61. The number of rotatable bonds is 2. The van der Waals surface area contributed by atoms with E-state index in [9.17, 15) is 0 Å². The van der Waals surface area contributed by atoms with Crippen LogP contribution in [0.2, 0.25) is 0 Å². The number of nitrogens with two attached hydrogens (primary N) is 1. The number of hydrogen-bond donors (Lipinski definition) is 1. The maximum absolute atomic E-state index is 5.91. The van der Waals surface area contributed by atoms with Crippen molar-refractivity contribution in [3.63, 3.8) is 0 Å². The van der Waals surface area contributed by atoms with Crippen molar-refractivity contribution >= 4 is 6.08 Å². The molecule has 0 fully saturated rings. The topological polar surface area (TPSA) is 38.9 Å². The van der Waals surface area contributed by atoms with Crippen molar-refractivity contribution in [3.05, 3.63) is 36.2 Å². The van der Waals surface area contributed by atoms with Gasteiger partial charge < -0.3 is 5.73 Å². The third-order valence-corrected chi connectivity index (χ3v) is 1.74. The molecule has 0 radical (unpaired) electrons. The van der Waals surface area contributed by atoms with Gasteiger partial charge in [-0.15, -0.1) is 0 Å². The molecule has 12 heavy (non-hydrogen) atoms. The lowest BCUT2D eigenvalue weighted by Gasteiger charge is -2.18. The van der Waals surface area contributed by atoms with Crippen molar-refractivity contribution in [2.24, 2.45) is 5.73 Å². The molecule has 2 N–H and O–H groups in total. The average Bonchev–Trinajstić information content (AvgIpc) is 2.03. The molecular formula is C10H14N2. The molecule has 0 saturated carbocycles. The number of hydrogen-bond acceptors (Lipinski definition) is 2. The molecule has 1 aromatic heterocycles. The fraction of sp³-hybridized carbons (Fsp3) is 0.300. The summed E-state index contributed by atoms with van der Waals surface area (Å²) >= 11 is 0. The molecule has 0 unspecified atom stereocenters. The maximum atomic E-state index is 5.91. The van der Waals surface area contributed by atoms with Gasteiger partial charge in [0.25, 0.3) is 0 Å². The molecule has 0 aliphatic carbocycles. The Balaban J connectivity index is 3.10. The summed E-state index contributed by atoms with van der Waals surface area (Å²) in [6.07, 6.45) is 5.32. The molecule has 0 saturated heterocycles. The second kappa shape index (κ2) is 3.07. The van der Waals surface area contributed by atoms with E-state index in [1.54, 1.807) is 18.5 Å². The van der Waals surface area contributed by atoms with E-state index in [2.05, 4.69) is 11.6 Å². The van der Waals surface area contributed by atoms with Crippen LogP contribution in [0.25, 0.3) is 6.08 Å². The summed E-state index contributed by atoms with van der Waals surface area (Å²) in [4.78, 5) is 4.07. The van der Waals surface area contributed by atoms with Crippen LogP contribution in [0.1, 0.15) is 25.0 Å². The zero-order valence-electron chi connectivity index (χ0n) is 7.54. The molecule has 1 heterocycles. The third-order valence-electron chi connectivity index (χ3n) is 1.74. The quantitative estimate of drug-likeness (QED) is 0.721. The van der Waals surface area contributed by atoms with Crippen LogP contribution in [-0.2, 0) is 5.54 Å². The summed E-state index contributed by atoms with van der Waals surface area (Å²) in [6, 6.07) is 2.00. The first-order chi connectivity index (χ1) is 5.54. The minimum Gasteiger partial charge on any atom is -0.322 e. The van der Waals surface area contributed by atoms with Crippen LogP contribution in [0.3, 0.4) is 0 Å². The number of aromatic nitrogens is 1. The van der Waals surface area contributed by atoms with Gasteiger partial charge in [-0.25, -0.2) is 0 Å². The average molecular weight is 162 g/mol. The Hall–Kier alpha value is -1.15. The van der Waals surface area contributed by atoms with Gasteiger partial charge in [0.1, 0.15) is 0 Å². The van der Waals surface area contributed by atoms with Gasteiger partial charge in [-0.3, -0.25) is 4.98 Å². The SMILES string of the molecule is C=Cc1cncc(C(C)(C)N)c1. The lowest BCUT2D eigenvalue weighted by Crippen LogP contribution is -2.28. The highest BCUT2D eigenvalue weighted by molar-refractivity contribution is 5.46. The van der Waals surface area contributed by atoms with Crippen LogP contribution >= 0.6 is 0 Å². The highest BCUT2D eigenvalue weighted by Gasteiger charge is 2.13. The van der Waals surface area contributed by atoms with E-state index < -0.39 is 0 Å². The van der Waals surface area contributed by atoms with Crippen LogP contribution in [0, 0.1) is 0 Å². The fourth-order valence-electron chi connectivity index (χ4n) is 0.922. The summed E-state index contributed by atoms with van der Waals surface area (Å²) in [5.74, 6) is 0. The van der Waals surface area contributed by atoms with Gasteiger partial charge in [-0.05, 0) is 31.0 Å². The van der Waals surface area contributed by atoms with Crippen LogP contribution in [0.4, 0.5) is 0 Å². The maximum Gasteiger partial charge on any atom is 0.0367 e. The first kappa shape index (κ1) is 8.94. The van der Waals surface area contributed by atoms with E-state index in [0.29, 0.717) is 0 Å². The van der Waals surface area contributed by atoms with E-state index in [1.165, 1.54) is 0 Å². The van der Waals surface area contributed by atoms with Crippen molar-refractivity contribution in [2.75, 3.05) is 0 Å². The molecule has 2 nitrogen and oxygen atoms in total. The molecule has 0 atom stereocenters. The standard InChI is InChI=1S/C10H14N2/c1-4-8-5-9(7-12-6-8)10(2,3)11/h4-7H,1,11H2,2-3H3. The van der Waals surface area contributed by atoms with E-state index >= 15 is 0 Å². The Morgan fingerprint density at radius 3 is 2.67 bits per heavy atom. The summed E-state index contributed by atoms with van der Waals surface area (Å²) in [6.45, 7) is 7.58. The second-order valence-electron chi connectivity index (χ2n) is 3.43. The zero-order valence-corrected chi connectivity index (χ0v) is 7.54. The smallest absolute Gasteiger partial charge is 0.0367 e. The second-order valence-corrected chi connectivity index (χ2v) is 3.43. The Bertz CT molecular complexity index is 284. The van der Waals surface area contributed by atoms with E-state index in [1.807, 2.05) is 19.9 Å². The number of nitrogens with zero attached hydrogens (tertiary/aromatic N) is 1. The Morgan fingerprint density at radius 2 is 2.17 bits per heavy atom. The van der Waals surface area contributed by atoms with Crippen molar-refractivity contribution in [1.29, 1.82) is 0 Å². The van der Waals surface area contributed by atoms with Crippen molar-refractivity contribution in [3.8, 4) is 0 Å². The van der Waals surface area contributed by atoms with Crippen molar-refractivity contribution in [1.82, 2.24) is 4.98 Å². The highest BCUT2D eigenvalue weighted by atomic mass is 14.7. The molecule has 0 spiro atoms. The van der Waals surface area contributed by atoms with E-state index in [-0.39, 0.29) is 5.54 Å². The predicted octanol–water partition coefficient (Wildman–Crippen LogP) is 1.92. The largest absolute Gasteiger partial charge is 0.322 e. The van der Waals surface area contributed by atoms with Gasteiger partial charge in [0.2, 0.25) is 0 Å². The van der Waals surface area contributed by atoms with Crippen LogP contribution in [0.5, 0.6) is 0 Å². The zero-order chi connectivity index (χ0) is 9.19. The monoisotopic (exact) mass is 162 g/mol. The normalized spacial score (nSPS) is 11.2. The van der Waals surface area contributed by atoms with Crippen molar-refractivity contribution < 1.29 is 0 Å². The van der Waals surface area contributed by atoms with Crippen LogP contribution in [-0.4, -0.2) is 4.98 Å². The minimum absolute atomic E-state index is 0.327. The molecular weight excluding hydrogens is 148 g/mol. The summed E-state index contributed by atoms with van der Waals surface area (Å²) < 4.78 is 0. The lowest BCUT2D eigenvalue weighted by molar-refractivity contribution is 0.552. The first-order valence-electron chi connectivity index (χ1n) is 3.91. The van der Waals surface area contributed by atoms with Crippen molar-refractivity contribution in [2.45, 2.75) is 19.4 Å². The molecule has 0 aromatic carbocycles. The third kappa shape index (κ3) is 1.92. The minimum atomic E-state index is -0.327. The fourth-order valence-corrected chi connectivity index (χ4v) is 0.922. The Kier molecular flexibility index (Phi) is 2.29. The molecule has 0 amide bonds. The molecule has 1 aromatic rings. The molecule has 0 aliphatic rings. The lowest BCUT2D eigenvalue weighted by atomic mass is 9.96. The molecule has 2 heteroatoms. The van der Waals surface area contributed by atoms with Gasteiger partial charge in [-0.1, -0.05) is 12.7 Å². The molecule has 0 bridgehead atoms. The van der Waals surface area contributed by atoms with E-state index in [0.717, 1.165) is 11.1 Å². The Morgan fingerprint density at radius 1 is 1.50 bits per heavy atom. The summed E-state index contributed by atoms with van der Waals surface area (Å²) in [5, 5.41) is 0. The van der Waals surface area contributed by atoms with Crippen LogP contribution in [0.15, 0.2) is 25.0 Å². The van der Waals surface area contributed by atoms with Crippen LogP contribution < -0.4 is 5.73 Å². The first-order valence-corrected chi connectivity index (χ1v) is 3.91. The predicted molar refractivity (Wildman–Crippen MR) is 51.5 cm³/mol. The molecule has 64 valence electrons. The van der Waals surface area contributed by atoms with E-state index in [4.69, 9.17) is 5.73 Å². The van der Waals surface area contributed by atoms with Gasteiger partial charge >= 0.3 is 0 Å².